The first-order chi connectivity index (χ1) is 10.4. The van der Waals surface area contributed by atoms with Crippen molar-refractivity contribution in [1.82, 2.24) is 0 Å². The van der Waals surface area contributed by atoms with Crippen LogP contribution in [0.15, 0.2) is 54.6 Å². The molecule has 0 atom stereocenters. The molecule has 0 bridgehead atoms. The van der Waals surface area contributed by atoms with Crippen LogP contribution in [-0.4, -0.2) is 0 Å². The van der Waals surface area contributed by atoms with E-state index in [9.17, 15) is 0 Å². The Morgan fingerprint density at radius 1 is 0.667 bits per heavy atom. The van der Waals surface area contributed by atoms with Crippen LogP contribution in [0.3, 0.4) is 0 Å². The lowest BCUT2D eigenvalue weighted by atomic mass is 9.84. The van der Waals surface area contributed by atoms with Gasteiger partial charge in [0.15, 0.2) is 0 Å². The molecule has 0 aliphatic heterocycles. The molecule has 0 N–H and O–H groups in total. The second-order valence-electron chi connectivity index (χ2n) is 6.15. The molecule has 0 nitrogen and oxygen atoms in total. The molecule has 96 valence electrons. The maximum absolute atomic E-state index is 2.39. The zero-order valence-corrected chi connectivity index (χ0v) is 11.5. The Kier molecular flexibility index (Phi) is 1.54. The van der Waals surface area contributed by atoms with Crippen molar-refractivity contribution in [1.29, 1.82) is 0 Å². The van der Waals surface area contributed by atoms with Crippen molar-refractivity contribution >= 4 is 49.2 Å². The van der Waals surface area contributed by atoms with Crippen molar-refractivity contribution in [3.8, 4) is 0 Å². The normalized spacial score (nSPS) is 14.3. The Labute approximate surface area is 122 Å². The molecule has 0 fully saturated rings. The van der Waals surface area contributed by atoms with Gasteiger partial charge in [0.05, 0.1) is 0 Å². The fraction of sp³-hybridized carbons (Fsp3) is 0.0476. The van der Waals surface area contributed by atoms with E-state index >= 15 is 0 Å². The molecule has 5 aromatic rings. The van der Waals surface area contributed by atoms with Crippen LogP contribution >= 0.6 is 0 Å². The highest BCUT2D eigenvalue weighted by Gasteiger charge is 2.22. The van der Waals surface area contributed by atoms with Crippen molar-refractivity contribution in [2.45, 2.75) is 6.42 Å². The van der Waals surface area contributed by atoms with Gasteiger partial charge in [-0.3, -0.25) is 0 Å². The molecule has 0 unspecified atom stereocenters. The Morgan fingerprint density at radius 3 is 2.38 bits per heavy atom. The van der Waals surface area contributed by atoms with Crippen LogP contribution in [0.5, 0.6) is 0 Å². The van der Waals surface area contributed by atoms with Gasteiger partial charge in [0.25, 0.3) is 0 Å². The highest BCUT2D eigenvalue weighted by Crippen LogP contribution is 2.46. The van der Waals surface area contributed by atoms with E-state index in [-0.39, 0.29) is 0 Å². The third-order valence-corrected chi connectivity index (χ3v) is 5.17. The minimum Gasteiger partial charge on any atom is -0.0795 e. The Hall–Kier alpha value is -2.60. The molecule has 21 heavy (non-hydrogen) atoms. The summed E-state index contributed by atoms with van der Waals surface area (Å²) in [4.78, 5) is 0. The maximum atomic E-state index is 2.39. The third-order valence-electron chi connectivity index (χ3n) is 5.17. The minimum atomic E-state index is 1.10. The quantitative estimate of drug-likeness (QED) is 0.313. The zero-order valence-electron chi connectivity index (χ0n) is 11.5. The van der Waals surface area contributed by atoms with Gasteiger partial charge in [0.2, 0.25) is 0 Å². The molecule has 0 saturated carbocycles. The number of hydrogen-bond donors (Lipinski definition) is 0. The standard InChI is InChI=1S/C21H12/c1-3-12-7-8-14-11-18-15-5-2-6-16(15)21(18)17-10-9-13(4-1)19(12)20(14)17/h1-5,7-11H,6H2. The van der Waals surface area contributed by atoms with Gasteiger partial charge in [0.1, 0.15) is 0 Å². The van der Waals surface area contributed by atoms with Crippen LogP contribution in [0.2, 0.25) is 0 Å². The predicted octanol–water partition coefficient (Wildman–Crippen LogP) is 5.74. The van der Waals surface area contributed by atoms with Gasteiger partial charge in [-0.05, 0) is 66.7 Å². The molecule has 1 aliphatic carbocycles. The SMILES string of the molecule is C1=Cc2c(c3c2cc2ccc4cccc5ccc3c2c45)C1. The summed E-state index contributed by atoms with van der Waals surface area (Å²) in [6.45, 7) is 0. The summed E-state index contributed by atoms with van der Waals surface area (Å²) in [5.74, 6) is 0. The number of rotatable bonds is 0. The van der Waals surface area contributed by atoms with E-state index in [2.05, 4.69) is 60.7 Å². The molecular formula is C21H12. The first-order valence-electron chi connectivity index (χ1n) is 7.53. The fourth-order valence-electron chi connectivity index (χ4n) is 4.28. The number of hydrogen-bond acceptors (Lipinski definition) is 0. The number of allylic oxidation sites excluding steroid dienone is 1. The summed E-state index contributed by atoms with van der Waals surface area (Å²) in [5, 5.41) is 11.3. The van der Waals surface area contributed by atoms with Crippen LogP contribution < -0.4 is 0 Å². The van der Waals surface area contributed by atoms with E-state index in [1.54, 1.807) is 5.56 Å². The Balaban J connectivity index is 1.99. The van der Waals surface area contributed by atoms with Gasteiger partial charge in [-0.25, -0.2) is 0 Å². The fourth-order valence-corrected chi connectivity index (χ4v) is 4.28. The second kappa shape index (κ2) is 3.17. The van der Waals surface area contributed by atoms with E-state index < -0.39 is 0 Å². The molecule has 0 saturated heterocycles. The molecule has 0 heterocycles. The average Bonchev–Trinajstić information content (AvgIpc) is 2.93. The summed E-state index contributed by atoms with van der Waals surface area (Å²) < 4.78 is 0. The molecule has 1 aliphatic rings. The van der Waals surface area contributed by atoms with Gasteiger partial charge in [-0.15, -0.1) is 0 Å². The Morgan fingerprint density at radius 2 is 1.48 bits per heavy atom. The van der Waals surface area contributed by atoms with Crippen molar-refractivity contribution < 1.29 is 0 Å². The van der Waals surface area contributed by atoms with Crippen LogP contribution in [0.4, 0.5) is 0 Å². The van der Waals surface area contributed by atoms with E-state index in [4.69, 9.17) is 0 Å². The lowest BCUT2D eigenvalue weighted by molar-refractivity contribution is 1.34. The van der Waals surface area contributed by atoms with Gasteiger partial charge in [0, 0.05) is 0 Å². The smallest absolute Gasteiger partial charge is 0.00202 e. The predicted molar refractivity (Wildman–Crippen MR) is 91.6 cm³/mol. The van der Waals surface area contributed by atoms with Crippen molar-refractivity contribution in [2.75, 3.05) is 0 Å². The van der Waals surface area contributed by atoms with Gasteiger partial charge in [-0.1, -0.05) is 54.6 Å². The summed E-state index contributed by atoms with van der Waals surface area (Å²) in [7, 11) is 0. The summed E-state index contributed by atoms with van der Waals surface area (Å²) in [6, 6.07) is 18.1. The Bertz CT molecular complexity index is 1180. The topological polar surface area (TPSA) is 0 Å². The van der Waals surface area contributed by atoms with Gasteiger partial charge in [-0.2, -0.15) is 0 Å². The minimum absolute atomic E-state index is 1.10. The summed E-state index contributed by atoms with van der Waals surface area (Å²) >= 11 is 0. The second-order valence-corrected chi connectivity index (χ2v) is 6.15. The van der Waals surface area contributed by atoms with E-state index in [0.29, 0.717) is 0 Å². The average molecular weight is 264 g/mol. The summed E-state index contributed by atoms with van der Waals surface area (Å²) in [5.41, 5.74) is 3.01. The highest BCUT2D eigenvalue weighted by molar-refractivity contribution is 6.31. The van der Waals surface area contributed by atoms with Crippen LogP contribution in [-0.2, 0) is 6.42 Å². The lowest BCUT2D eigenvalue weighted by Gasteiger charge is -2.19. The van der Waals surface area contributed by atoms with E-state index in [0.717, 1.165) is 6.42 Å². The van der Waals surface area contributed by atoms with Crippen molar-refractivity contribution in [2.24, 2.45) is 0 Å². The van der Waals surface area contributed by atoms with Gasteiger partial charge >= 0.3 is 0 Å². The molecule has 0 aromatic heterocycles. The summed E-state index contributed by atoms with van der Waals surface area (Å²) in [6.07, 6.45) is 5.68. The molecule has 6 rings (SSSR count). The van der Waals surface area contributed by atoms with E-state index in [1.807, 2.05) is 0 Å². The third kappa shape index (κ3) is 1.03. The van der Waals surface area contributed by atoms with Crippen molar-refractivity contribution in [3.05, 3.63) is 65.7 Å². The molecule has 0 radical (unpaired) electrons. The molecule has 0 spiro atoms. The molecule has 0 heteroatoms. The van der Waals surface area contributed by atoms with Gasteiger partial charge < -0.3 is 0 Å². The maximum Gasteiger partial charge on any atom is -0.00202 e. The zero-order chi connectivity index (χ0) is 13.6. The van der Waals surface area contributed by atoms with Crippen LogP contribution in [0.1, 0.15) is 11.1 Å². The largest absolute Gasteiger partial charge is 0.0795 e. The molecule has 0 amide bonds. The van der Waals surface area contributed by atoms with Crippen molar-refractivity contribution in [3.63, 3.8) is 0 Å². The van der Waals surface area contributed by atoms with Crippen LogP contribution in [0.25, 0.3) is 49.2 Å². The van der Waals surface area contributed by atoms with Crippen LogP contribution in [0, 0.1) is 0 Å². The molecular weight excluding hydrogens is 252 g/mol. The number of fused-ring (bicyclic) bond motifs is 5. The van der Waals surface area contributed by atoms with E-state index in [1.165, 1.54) is 48.7 Å². The first kappa shape index (κ1) is 10.2. The number of benzene rings is 4. The first-order valence-corrected chi connectivity index (χ1v) is 7.53. The lowest BCUT2D eigenvalue weighted by Crippen LogP contribution is -1.95. The monoisotopic (exact) mass is 264 g/mol. The highest BCUT2D eigenvalue weighted by atomic mass is 14.2. The molecule has 5 aromatic carbocycles.